The van der Waals surface area contributed by atoms with Crippen LogP contribution in [0.1, 0.15) is 34.0 Å². The van der Waals surface area contributed by atoms with E-state index in [1.165, 1.54) is 31.2 Å². The van der Waals surface area contributed by atoms with Crippen molar-refractivity contribution in [3.05, 3.63) is 76.1 Å². The highest BCUT2D eigenvalue weighted by atomic mass is 16.3. The second-order valence-corrected chi connectivity index (χ2v) is 6.42. The molecule has 3 N–H and O–H groups in total. The van der Waals surface area contributed by atoms with Gasteiger partial charge >= 0.3 is 0 Å². The molecule has 0 fully saturated rings. The zero-order valence-corrected chi connectivity index (χ0v) is 15.6. The van der Waals surface area contributed by atoms with Crippen molar-refractivity contribution >= 4 is 17.5 Å². The summed E-state index contributed by atoms with van der Waals surface area (Å²) >= 11 is 0. The largest absolute Gasteiger partial charge is 0.393 e. The van der Waals surface area contributed by atoms with Gasteiger partial charge in [0.15, 0.2) is 5.69 Å². The van der Waals surface area contributed by atoms with Gasteiger partial charge in [0, 0.05) is 5.56 Å². The van der Waals surface area contributed by atoms with Crippen LogP contribution in [0.15, 0.2) is 42.5 Å². The van der Waals surface area contributed by atoms with Crippen LogP contribution in [0.25, 0.3) is 4.85 Å². The first-order valence-electron chi connectivity index (χ1n) is 8.61. The lowest BCUT2D eigenvalue weighted by molar-refractivity contribution is -0.128. The van der Waals surface area contributed by atoms with Crippen LogP contribution in [0.2, 0.25) is 0 Å². The van der Waals surface area contributed by atoms with Crippen molar-refractivity contribution in [3.63, 3.8) is 0 Å². The van der Waals surface area contributed by atoms with Gasteiger partial charge in [-0.15, -0.1) is 0 Å². The molecule has 0 aromatic heterocycles. The lowest BCUT2D eigenvalue weighted by Crippen LogP contribution is -2.47. The van der Waals surface area contributed by atoms with Gasteiger partial charge in [0.1, 0.15) is 0 Å². The fourth-order valence-electron chi connectivity index (χ4n) is 2.69. The van der Waals surface area contributed by atoms with Crippen LogP contribution < -0.4 is 10.9 Å². The molecule has 0 saturated heterocycles. The molecule has 2 aromatic rings. The molecule has 0 heterocycles. The van der Waals surface area contributed by atoms with Crippen LogP contribution in [0.4, 0.5) is 5.69 Å². The number of nitriles is 1. The molecule has 7 nitrogen and oxygen atoms in total. The van der Waals surface area contributed by atoms with Crippen molar-refractivity contribution in [1.82, 2.24) is 10.9 Å². The van der Waals surface area contributed by atoms with Gasteiger partial charge in [-0.2, -0.15) is 5.26 Å². The lowest BCUT2D eigenvalue weighted by Gasteiger charge is -2.20. The van der Waals surface area contributed by atoms with E-state index in [1.54, 1.807) is 12.1 Å². The molecule has 2 atom stereocenters. The predicted octanol–water partition coefficient (Wildman–Crippen LogP) is 2.42. The maximum atomic E-state index is 12.5. The summed E-state index contributed by atoms with van der Waals surface area (Å²) in [5.74, 6) is -1.83. The number of rotatable bonds is 5. The van der Waals surface area contributed by atoms with Gasteiger partial charge in [-0.3, -0.25) is 20.4 Å². The Morgan fingerprint density at radius 1 is 1.21 bits per heavy atom. The maximum Gasteiger partial charge on any atom is 0.269 e. The third-order valence-corrected chi connectivity index (χ3v) is 4.33. The van der Waals surface area contributed by atoms with E-state index in [1.807, 2.05) is 19.1 Å². The topological polar surface area (TPSA) is 107 Å². The van der Waals surface area contributed by atoms with Crippen molar-refractivity contribution in [2.24, 2.45) is 5.92 Å². The molecule has 2 aromatic carbocycles. The number of carbonyl (C=O) groups excluding carboxylic acids is 2. The average molecular weight is 376 g/mol. The molecule has 0 saturated carbocycles. The number of aliphatic hydroxyl groups is 1. The summed E-state index contributed by atoms with van der Waals surface area (Å²) in [6, 6.07) is 13.2. The molecule has 2 rings (SSSR count). The highest BCUT2D eigenvalue weighted by Gasteiger charge is 2.25. The minimum absolute atomic E-state index is 0.259. The van der Waals surface area contributed by atoms with E-state index in [9.17, 15) is 14.7 Å². The van der Waals surface area contributed by atoms with E-state index in [-0.39, 0.29) is 6.42 Å². The van der Waals surface area contributed by atoms with Gasteiger partial charge in [0.25, 0.3) is 5.91 Å². The van der Waals surface area contributed by atoms with Gasteiger partial charge in [0.2, 0.25) is 5.91 Å². The average Bonchev–Trinajstić information content (AvgIpc) is 2.69. The summed E-state index contributed by atoms with van der Waals surface area (Å²) in [5, 5.41) is 18.8. The van der Waals surface area contributed by atoms with E-state index >= 15 is 0 Å². The standard InChI is InChI=1S/C21H20N4O3/c1-13-10-16(6-9-19(13)23-3)11-18(14(2)26)21(28)25-24-20(27)17-7-4-15(12-22)5-8-17/h4-10,14,18,26H,11H2,1-2H3,(H,24,27)(H,25,28)/t14-,18+/m0/s1. The number of amides is 2. The maximum absolute atomic E-state index is 12.5. The van der Waals surface area contributed by atoms with Crippen LogP contribution in [0.3, 0.4) is 0 Å². The Labute approximate surface area is 163 Å². The molecule has 0 unspecified atom stereocenters. The Hall–Kier alpha value is -3.68. The molecule has 0 radical (unpaired) electrons. The van der Waals surface area contributed by atoms with E-state index in [0.29, 0.717) is 16.8 Å². The fourth-order valence-corrected chi connectivity index (χ4v) is 2.69. The molecule has 7 heteroatoms. The number of aryl methyl sites for hydroxylation is 1. The fraction of sp³-hybridized carbons (Fsp3) is 0.238. The monoisotopic (exact) mass is 376 g/mol. The first-order chi connectivity index (χ1) is 13.3. The van der Waals surface area contributed by atoms with Crippen LogP contribution in [0, 0.1) is 30.7 Å². The number of carbonyl (C=O) groups is 2. The minimum Gasteiger partial charge on any atom is -0.393 e. The Morgan fingerprint density at radius 2 is 1.89 bits per heavy atom. The zero-order chi connectivity index (χ0) is 20.7. The molecule has 0 aliphatic rings. The number of hydrazine groups is 1. The van der Waals surface area contributed by atoms with Crippen molar-refractivity contribution in [1.29, 1.82) is 5.26 Å². The Balaban J connectivity index is 2.02. The second kappa shape index (κ2) is 9.31. The molecule has 2 amide bonds. The number of aliphatic hydroxyl groups excluding tert-OH is 1. The normalized spacial score (nSPS) is 12.2. The number of nitrogens with one attached hydrogen (secondary N) is 2. The smallest absolute Gasteiger partial charge is 0.269 e. The molecule has 0 spiro atoms. The molecular formula is C21H20N4O3. The first kappa shape index (κ1) is 20.6. The summed E-state index contributed by atoms with van der Waals surface area (Å²) in [6.45, 7) is 10.4. The van der Waals surface area contributed by atoms with Crippen molar-refractivity contribution in [3.8, 4) is 6.07 Å². The van der Waals surface area contributed by atoms with Gasteiger partial charge < -0.3 is 5.11 Å². The van der Waals surface area contributed by atoms with E-state index in [4.69, 9.17) is 11.8 Å². The lowest BCUT2D eigenvalue weighted by atomic mass is 9.93. The van der Waals surface area contributed by atoms with Gasteiger partial charge in [-0.05, 0) is 55.7 Å². The highest BCUT2D eigenvalue weighted by molar-refractivity contribution is 5.95. The minimum atomic E-state index is -0.937. The second-order valence-electron chi connectivity index (χ2n) is 6.42. The third-order valence-electron chi connectivity index (χ3n) is 4.33. The molecule has 142 valence electrons. The van der Waals surface area contributed by atoms with Crippen LogP contribution in [-0.2, 0) is 11.2 Å². The Kier molecular flexibility index (Phi) is 6.86. The molecular weight excluding hydrogens is 356 g/mol. The van der Waals surface area contributed by atoms with Crippen molar-refractivity contribution < 1.29 is 14.7 Å². The van der Waals surface area contributed by atoms with Gasteiger partial charge in [-0.25, -0.2) is 4.85 Å². The summed E-state index contributed by atoms with van der Waals surface area (Å²) in [7, 11) is 0. The van der Waals surface area contributed by atoms with Gasteiger partial charge in [-0.1, -0.05) is 18.2 Å². The quantitative estimate of drug-likeness (QED) is 0.550. The molecule has 0 aliphatic carbocycles. The number of hydrogen-bond acceptors (Lipinski definition) is 4. The third kappa shape index (κ3) is 5.16. The number of hydrogen-bond donors (Lipinski definition) is 3. The van der Waals surface area contributed by atoms with Crippen LogP contribution >= 0.6 is 0 Å². The molecule has 28 heavy (non-hydrogen) atoms. The van der Waals surface area contributed by atoms with E-state index in [0.717, 1.165) is 11.1 Å². The van der Waals surface area contributed by atoms with E-state index < -0.39 is 23.8 Å². The number of nitrogens with zero attached hydrogens (tertiary/aromatic N) is 2. The van der Waals surface area contributed by atoms with Crippen molar-refractivity contribution in [2.75, 3.05) is 0 Å². The van der Waals surface area contributed by atoms with Crippen LogP contribution in [-0.4, -0.2) is 23.0 Å². The van der Waals surface area contributed by atoms with Crippen molar-refractivity contribution in [2.45, 2.75) is 26.4 Å². The Bertz CT molecular complexity index is 953. The Morgan fingerprint density at radius 3 is 2.43 bits per heavy atom. The highest BCUT2D eigenvalue weighted by Crippen LogP contribution is 2.22. The van der Waals surface area contributed by atoms with E-state index in [2.05, 4.69) is 15.7 Å². The van der Waals surface area contributed by atoms with Gasteiger partial charge in [0.05, 0.1) is 30.2 Å². The first-order valence-corrected chi connectivity index (χ1v) is 8.61. The zero-order valence-electron chi connectivity index (χ0n) is 15.6. The summed E-state index contributed by atoms with van der Waals surface area (Å²) in [6.07, 6.45) is -0.678. The predicted molar refractivity (Wildman–Crippen MR) is 103 cm³/mol. The molecule has 0 bridgehead atoms. The van der Waals surface area contributed by atoms with Crippen LogP contribution in [0.5, 0.6) is 0 Å². The number of benzene rings is 2. The molecule has 0 aliphatic heterocycles. The SMILES string of the molecule is [C-]#[N+]c1ccc(C[C@@H](C(=O)NNC(=O)c2ccc(C#N)cc2)[C@H](C)O)cc1C. The summed E-state index contributed by atoms with van der Waals surface area (Å²) in [4.78, 5) is 28.0. The summed E-state index contributed by atoms with van der Waals surface area (Å²) < 4.78 is 0. The summed E-state index contributed by atoms with van der Waals surface area (Å²) in [5.41, 5.74) is 7.51.